The standard InChI is InChI=1S/C11H18O/c1-2-10-8-3-4-9(7-8)11(10)5-6-12/h3-4,8-12H,2,5-7H2,1H3. The summed E-state index contributed by atoms with van der Waals surface area (Å²) in [5.74, 6) is 3.30. The van der Waals surface area contributed by atoms with E-state index in [1.807, 2.05) is 0 Å². The van der Waals surface area contributed by atoms with Gasteiger partial charge in [0.25, 0.3) is 0 Å². The van der Waals surface area contributed by atoms with Gasteiger partial charge in [0.05, 0.1) is 0 Å². The van der Waals surface area contributed by atoms with Gasteiger partial charge in [-0.1, -0.05) is 25.5 Å². The van der Waals surface area contributed by atoms with Crippen molar-refractivity contribution in [1.29, 1.82) is 0 Å². The van der Waals surface area contributed by atoms with Gasteiger partial charge in [0.15, 0.2) is 0 Å². The lowest BCUT2D eigenvalue weighted by Gasteiger charge is -2.26. The Kier molecular flexibility index (Phi) is 2.22. The summed E-state index contributed by atoms with van der Waals surface area (Å²) in [5, 5.41) is 8.94. The maximum atomic E-state index is 8.94. The largest absolute Gasteiger partial charge is 0.396 e. The van der Waals surface area contributed by atoms with Crippen molar-refractivity contribution < 1.29 is 5.11 Å². The second-order valence-corrected chi connectivity index (χ2v) is 4.20. The number of aliphatic hydroxyl groups excluding tert-OH is 1. The fraction of sp³-hybridized carbons (Fsp3) is 0.818. The second kappa shape index (κ2) is 3.21. The zero-order chi connectivity index (χ0) is 8.55. The third kappa shape index (κ3) is 1.11. The lowest BCUT2D eigenvalue weighted by Crippen LogP contribution is -2.19. The van der Waals surface area contributed by atoms with E-state index >= 15 is 0 Å². The van der Waals surface area contributed by atoms with E-state index in [0.717, 1.165) is 30.1 Å². The minimum absolute atomic E-state index is 0.373. The van der Waals surface area contributed by atoms with Crippen molar-refractivity contribution in [3.8, 4) is 0 Å². The van der Waals surface area contributed by atoms with Crippen LogP contribution >= 0.6 is 0 Å². The van der Waals surface area contributed by atoms with E-state index in [9.17, 15) is 0 Å². The van der Waals surface area contributed by atoms with Gasteiger partial charge in [-0.15, -0.1) is 0 Å². The normalized spacial score (nSPS) is 44.2. The predicted molar refractivity (Wildman–Crippen MR) is 49.7 cm³/mol. The van der Waals surface area contributed by atoms with Crippen LogP contribution in [0.4, 0.5) is 0 Å². The Bertz CT molecular complexity index is 185. The Morgan fingerprint density at radius 1 is 1.25 bits per heavy atom. The number of aliphatic hydroxyl groups is 1. The van der Waals surface area contributed by atoms with Gasteiger partial charge in [-0.3, -0.25) is 0 Å². The van der Waals surface area contributed by atoms with Crippen LogP contribution in [-0.2, 0) is 0 Å². The molecular weight excluding hydrogens is 148 g/mol. The lowest BCUT2D eigenvalue weighted by molar-refractivity contribution is 0.205. The highest BCUT2D eigenvalue weighted by Gasteiger charge is 2.42. The molecule has 4 unspecified atom stereocenters. The zero-order valence-corrected chi connectivity index (χ0v) is 7.74. The van der Waals surface area contributed by atoms with E-state index in [0.29, 0.717) is 6.61 Å². The van der Waals surface area contributed by atoms with Crippen LogP contribution in [0.5, 0.6) is 0 Å². The molecule has 1 fully saturated rings. The highest BCUT2D eigenvalue weighted by molar-refractivity contribution is 5.13. The van der Waals surface area contributed by atoms with Crippen molar-refractivity contribution in [3.05, 3.63) is 12.2 Å². The first kappa shape index (κ1) is 8.31. The summed E-state index contributed by atoms with van der Waals surface area (Å²) < 4.78 is 0. The molecule has 68 valence electrons. The smallest absolute Gasteiger partial charge is 0.0433 e. The van der Waals surface area contributed by atoms with Crippen molar-refractivity contribution in [1.82, 2.24) is 0 Å². The van der Waals surface area contributed by atoms with E-state index in [1.54, 1.807) is 0 Å². The van der Waals surface area contributed by atoms with Crippen molar-refractivity contribution in [3.63, 3.8) is 0 Å². The maximum absolute atomic E-state index is 8.94. The fourth-order valence-electron chi connectivity index (χ4n) is 3.21. The van der Waals surface area contributed by atoms with Gasteiger partial charge in [-0.2, -0.15) is 0 Å². The third-order valence-corrected chi connectivity index (χ3v) is 3.73. The summed E-state index contributed by atoms with van der Waals surface area (Å²) in [5.41, 5.74) is 0. The van der Waals surface area contributed by atoms with Crippen molar-refractivity contribution >= 4 is 0 Å². The van der Waals surface area contributed by atoms with Crippen LogP contribution in [0.3, 0.4) is 0 Å². The highest BCUT2D eigenvalue weighted by atomic mass is 16.3. The molecule has 0 radical (unpaired) electrons. The number of rotatable bonds is 3. The number of allylic oxidation sites excluding steroid dienone is 2. The second-order valence-electron chi connectivity index (χ2n) is 4.20. The van der Waals surface area contributed by atoms with Crippen LogP contribution in [-0.4, -0.2) is 11.7 Å². The number of fused-ring (bicyclic) bond motifs is 2. The van der Waals surface area contributed by atoms with Gasteiger partial charge >= 0.3 is 0 Å². The van der Waals surface area contributed by atoms with E-state index in [-0.39, 0.29) is 0 Å². The Morgan fingerprint density at radius 3 is 2.50 bits per heavy atom. The van der Waals surface area contributed by atoms with Crippen molar-refractivity contribution in [2.75, 3.05) is 6.61 Å². The van der Waals surface area contributed by atoms with Crippen LogP contribution in [0, 0.1) is 23.7 Å². The topological polar surface area (TPSA) is 20.2 Å². The molecule has 1 heteroatoms. The molecule has 1 saturated carbocycles. The van der Waals surface area contributed by atoms with E-state index in [2.05, 4.69) is 19.1 Å². The quantitative estimate of drug-likeness (QED) is 0.637. The summed E-state index contributed by atoms with van der Waals surface area (Å²) in [6.45, 7) is 2.65. The van der Waals surface area contributed by atoms with Gasteiger partial charge in [-0.25, -0.2) is 0 Å². The molecule has 0 spiro atoms. The first-order chi connectivity index (χ1) is 5.86. The van der Waals surface area contributed by atoms with Gasteiger partial charge in [0.1, 0.15) is 0 Å². The average molecular weight is 166 g/mol. The molecule has 0 saturated heterocycles. The molecular formula is C11H18O. The Labute approximate surface area is 74.5 Å². The Balaban J connectivity index is 2.07. The van der Waals surface area contributed by atoms with Crippen LogP contribution in [0.15, 0.2) is 12.2 Å². The summed E-state index contributed by atoms with van der Waals surface area (Å²) in [4.78, 5) is 0. The molecule has 0 amide bonds. The molecule has 0 aromatic rings. The molecule has 0 heterocycles. The SMILES string of the molecule is CCC1C2C=CC(C2)C1CCO. The summed E-state index contributed by atoms with van der Waals surface area (Å²) in [6, 6.07) is 0. The van der Waals surface area contributed by atoms with E-state index < -0.39 is 0 Å². The zero-order valence-electron chi connectivity index (χ0n) is 7.74. The van der Waals surface area contributed by atoms with E-state index in [4.69, 9.17) is 5.11 Å². The molecule has 0 aromatic heterocycles. The number of hydrogen-bond donors (Lipinski definition) is 1. The number of hydrogen-bond acceptors (Lipinski definition) is 1. The van der Waals surface area contributed by atoms with Gasteiger partial charge < -0.3 is 5.11 Å². The fourth-order valence-corrected chi connectivity index (χ4v) is 3.21. The summed E-state index contributed by atoms with van der Waals surface area (Å²) in [7, 11) is 0. The highest BCUT2D eigenvalue weighted by Crippen LogP contribution is 2.50. The van der Waals surface area contributed by atoms with Crippen molar-refractivity contribution in [2.24, 2.45) is 23.7 Å². The maximum Gasteiger partial charge on any atom is 0.0433 e. The molecule has 2 bridgehead atoms. The average Bonchev–Trinajstić information content (AvgIpc) is 2.64. The van der Waals surface area contributed by atoms with Gasteiger partial charge in [-0.05, 0) is 36.5 Å². The third-order valence-electron chi connectivity index (χ3n) is 3.73. The van der Waals surface area contributed by atoms with E-state index in [1.165, 1.54) is 12.8 Å². The Hall–Kier alpha value is -0.300. The molecule has 1 nitrogen and oxygen atoms in total. The monoisotopic (exact) mass is 166 g/mol. The minimum Gasteiger partial charge on any atom is -0.396 e. The first-order valence-corrected chi connectivity index (χ1v) is 5.16. The molecule has 2 rings (SSSR count). The van der Waals surface area contributed by atoms with Crippen molar-refractivity contribution in [2.45, 2.75) is 26.2 Å². The van der Waals surface area contributed by atoms with Crippen LogP contribution < -0.4 is 0 Å². The minimum atomic E-state index is 0.373. The molecule has 1 N–H and O–H groups in total. The molecule has 12 heavy (non-hydrogen) atoms. The lowest BCUT2D eigenvalue weighted by atomic mass is 9.80. The summed E-state index contributed by atoms with van der Waals surface area (Å²) in [6.07, 6.45) is 8.44. The Morgan fingerprint density at radius 2 is 1.92 bits per heavy atom. The predicted octanol–water partition coefficient (Wildman–Crippen LogP) is 2.22. The van der Waals surface area contributed by atoms with Gasteiger partial charge in [0, 0.05) is 6.61 Å². The van der Waals surface area contributed by atoms with Crippen LogP contribution in [0.1, 0.15) is 26.2 Å². The molecule has 0 aliphatic heterocycles. The first-order valence-electron chi connectivity index (χ1n) is 5.16. The molecule has 2 aliphatic carbocycles. The van der Waals surface area contributed by atoms with Crippen LogP contribution in [0.25, 0.3) is 0 Å². The summed E-state index contributed by atoms with van der Waals surface area (Å²) >= 11 is 0. The van der Waals surface area contributed by atoms with Crippen LogP contribution in [0.2, 0.25) is 0 Å². The molecule has 4 atom stereocenters. The van der Waals surface area contributed by atoms with Gasteiger partial charge in [0.2, 0.25) is 0 Å². The molecule has 2 aliphatic rings. The molecule has 0 aromatic carbocycles.